The van der Waals surface area contributed by atoms with E-state index in [1.165, 1.54) is 31.3 Å². The molecular weight excluding hydrogens is 314 g/mol. The number of rotatable bonds is 6. The molecule has 6 nitrogen and oxygen atoms in total. The number of amides is 1. The van der Waals surface area contributed by atoms with Crippen LogP contribution in [0.1, 0.15) is 30.6 Å². The second-order valence-electron chi connectivity index (χ2n) is 6.19. The summed E-state index contributed by atoms with van der Waals surface area (Å²) in [6.07, 6.45) is 1.10. The van der Waals surface area contributed by atoms with Crippen LogP contribution in [0.4, 0.5) is 0 Å². The maximum absolute atomic E-state index is 12.2. The van der Waals surface area contributed by atoms with Crippen molar-refractivity contribution in [2.24, 2.45) is 5.92 Å². The minimum absolute atomic E-state index is 0.153. The summed E-state index contributed by atoms with van der Waals surface area (Å²) in [4.78, 5) is 14.7. The molecule has 1 aromatic rings. The second-order valence-corrected chi connectivity index (χ2v) is 8.07. The van der Waals surface area contributed by atoms with Gasteiger partial charge in [-0.3, -0.25) is 4.79 Å². The molecule has 0 spiro atoms. The molecule has 1 heterocycles. The maximum Gasteiger partial charge on any atom is 0.251 e. The van der Waals surface area contributed by atoms with Gasteiger partial charge in [0.1, 0.15) is 0 Å². The van der Waals surface area contributed by atoms with Crippen LogP contribution in [0.2, 0.25) is 0 Å². The van der Waals surface area contributed by atoms with Gasteiger partial charge in [-0.25, -0.2) is 13.1 Å². The molecular formula is C16H25N3O3S. The van der Waals surface area contributed by atoms with Crippen molar-refractivity contribution in [3.8, 4) is 0 Å². The van der Waals surface area contributed by atoms with Crippen LogP contribution in [0.5, 0.6) is 0 Å². The van der Waals surface area contributed by atoms with Crippen LogP contribution in [-0.2, 0) is 10.0 Å². The van der Waals surface area contributed by atoms with E-state index in [4.69, 9.17) is 0 Å². The third-order valence-electron chi connectivity index (χ3n) is 4.29. The zero-order chi connectivity index (χ0) is 17.0. The Morgan fingerprint density at radius 3 is 2.48 bits per heavy atom. The lowest BCUT2D eigenvalue weighted by molar-refractivity contribution is 0.0947. The Hall–Kier alpha value is -1.44. The molecule has 2 N–H and O–H groups in total. The first-order chi connectivity index (χ1) is 10.8. The van der Waals surface area contributed by atoms with Gasteiger partial charge in [-0.05, 0) is 64.0 Å². The van der Waals surface area contributed by atoms with Gasteiger partial charge in [0.05, 0.1) is 4.90 Å². The average molecular weight is 339 g/mol. The van der Waals surface area contributed by atoms with E-state index in [2.05, 4.69) is 28.8 Å². The van der Waals surface area contributed by atoms with Crippen molar-refractivity contribution >= 4 is 15.9 Å². The molecule has 1 fully saturated rings. The van der Waals surface area contributed by atoms with E-state index in [1.54, 1.807) is 0 Å². The molecule has 1 amide bonds. The normalized spacial score (nSPS) is 19.2. The monoisotopic (exact) mass is 339 g/mol. The Kier molecular flexibility index (Phi) is 5.78. The highest BCUT2D eigenvalue weighted by molar-refractivity contribution is 7.89. The van der Waals surface area contributed by atoms with Gasteiger partial charge in [0.25, 0.3) is 5.91 Å². The first kappa shape index (κ1) is 17.9. The van der Waals surface area contributed by atoms with E-state index in [1.807, 2.05) is 0 Å². The predicted octanol–water partition coefficient (Wildman–Crippen LogP) is 1.05. The van der Waals surface area contributed by atoms with E-state index in [-0.39, 0.29) is 10.8 Å². The summed E-state index contributed by atoms with van der Waals surface area (Å²) in [7, 11) is -2.11. The summed E-state index contributed by atoms with van der Waals surface area (Å²) in [5.74, 6) is 0.312. The standard InChI is InChI=1S/C16H25N3O3S/c1-12(2)19-9-8-13(11-19)10-18-16(20)14-4-6-15(7-5-14)23(21,22)17-3/h4-7,12-13,17H,8-11H2,1-3H3,(H,18,20). The zero-order valence-electron chi connectivity index (χ0n) is 13.9. The van der Waals surface area contributed by atoms with Crippen molar-refractivity contribution in [1.82, 2.24) is 14.9 Å². The number of hydrogen-bond donors (Lipinski definition) is 2. The molecule has 2 rings (SSSR count). The van der Waals surface area contributed by atoms with Crippen molar-refractivity contribution in [2.75, 3.05) is 26.7 Å². The van der Waals surface area contributed by atoms with Crippen molar-refractivity contribution in [1.29, 1.82) is 0 Å². The number of hydrogen-bond acceptors (Lipinski definition) is 4. The predicted molar refractivity (Wildman–Crippen MR) is 89.8 cm³/mol. The Bertz CT molecular complexity index is 641. The largest absolute Gasteiger partial charge is 0.352 e. The van der Waals surface area contributed by atoms with Crippen LogP contribution in [0.25, 0.3) is 0 Å². The molecule has 0 radical (unpaired) electrons. The summed E-state index contributed by atoms with van der Waals surface area (Å²) >= 11 is 0. The van der Waals surface area contributed by atoms with Crippen LogP contribution in [0.15, 0.2) is 29.2 Å². The van der Waals surface area contributed by atoms with Crippen LogP contribution in [0, 0.1) is 5.92 Å². The Morgan fingerprint density at radius 1 is 1.30 bits per heavy atom. The van der Waals surface area contributed by atoms with E-state index in [0.717, 1.165) is 19.5 Å². The number of carbonyl (C=O) groups is 1. The lowest BCUT2D eigenvalue weighted by Crippen LogP contribution is -2.33. The number of nitrogens with one attached hydrogen (secondary N) is 2. The lowest BCUT2D eigenvalue weighted by atomic mass is 10.1. The summed E-state index contributed by atoms with van der Waals surface area (Å²) in [5, 5.41) is 2.94. The first-order valence-electron chi connectivity index (χ1n) is 7.89. The van der Waals surface area contributed by atoms with Gasteiger partial charge in [-0.1, -0.05) is 0 Å². The third-order valence-corrected chi connectivity index (χ3v) is 5.72. The zero-order valence-corrected chi connectivity index (χ0v) is 14.7. The maximum atomic E-state index is 12.2. The molecule has 1 atom stereocenters. The van der Waals surface area contributed by atoms with Gasteiger partial charge < -0.3 is 10.2 Å². The third kappa shape index (κ3) is 4.53. The molecule has 128 valence electrons. The van der Waals surface area contributed by atoms with E-state index in [0.29, 0.717) is 24.1 Å². The van der Waals surface area contributed by atoms with E-state index < -0.39 is 10.0 Å². The number of nitrogens with zero attached hydrogens (tertiary/aromatic N) is 1. The minimum Gasteiger partial charge on any atom is -0.352 e. The van der Waals surface area contributed by atoms with Crippen LogP contribution in [-0.4, -0.2) is 51.9 Å². The lowest BCUT2D eigenvalue weighted by Gasteiger charge is -2.20. The van der Waals surface area contributed by atoms with Crippen LogP contribution in [0.3, 0.4) is 0 Å². The molecule has 1 saturated heterocycles. The van der Waals surface area contributed by atoms with Gasteiger partial charge >= 0.3 is 0 Å². The van der Waals surface area contributed by atoms with Crippen LogP contribution < -0.4 is 10.0 Å². The summed E-state index contributed by atoms with van der Waals surface area (Å²) < 4.78 is 25.6. The number of carbonyl (C=O) groups excluding carboxylic acids is 1. The minimum atomic E-state index is -3.47. The fourth-order valence-corrected chi connectivity index (χ4v) is 3.47. The first-order valence-corrected chi connectivity index (χ1v) is 9.37. The fraction of sp³-hybridized carbons (Fsp3) is 0.562. The molecule has 23 heavy (non-hydrogen) atoms. The van der Waals surface area contributed by atoms with Crippen molar-refractivity contribution in [3.63, 3.8) is 0 Å². The molecule has 1 aliphatic heterocycles. The smallest absolute Gasteiger partial charge is 0.251 e. The van der Waals surface area contributed by atoms with Gasteiger partial charge in [0.2, 0.25) is 10.0 Å². The topological polar surface area (TPSA) is 78.5 Å². The molecule has 0 aliphatic carbocycles. The van der Waals surface area contributed by atoms with E-state index >= 15 is 0 Å². The molecule has 1 aromatic carbocycles. The van der Waals surface area contributed by atoms with Crippen molar-refractivity contribution < 1.29 is 13.2 Å². The quantitative estimate of drug-likeness (QED) is 0.812. The van der Waals surface area contributed by atoms with Gasteiger partial charge in [-0.15, -0.1) is 0 Å². The highest BCUT2D eigenvalue weighted by atomic mass is 32.2. The van der Waals surface area contributed by atoms with Crippen molar-refractivity contribution in [2.45, 2.75) is 31.2 Å². The van der Waals surface area contributed by atoms with Crippen molar-refractivity contribution in [3.05, 3.63) is 29.8 Å². The fourth-order valence-electron chi connectivity index (χ4n) is 2.74. The van der Waals surface area contributed by atoms with Crippen LogP contribution >= 0.6 is 0 Å². The van der Waals surface area contributed by atoms with E-state index in [9.17, 15) is 13.2 Å². The molecule has 0 bridgehead atoms. The van der Waals surface area contributed by atoms with Gasteiger partial charge in [0, 0.05) is 24.7 Å². The highest BCUT2D eigenvalue weighted by Gasteiger charge is 2.24. The Labute approximate surface area is 138 Å². The molecule has 0 aromatic heterocycles. The summed E-state index contributed by atoms with van der Waals surface area (Å²) in [6, 6.07) is 6.49. The summed E-state index contributed by atoms with van der Waals surface area (Å²) in [5.41, 5.74) is 0.471. The van der Waals surface area contributed by atoms with Gasteiger partial charge in [0.15, 0.2) is 0 Å². The Balaban J connectivity index is 1.89. The number of sulfonamides is 1. The number of benzene rings is 1. The molecule has 1 unspecified atom stereocenters. The van der Waals surface area contributed by atoms with Gasteiger partial charge in [-0.2, -0.15) is 0 Å². The highest BCUT2D eigenvalue weighted by Crippen LogP contribution is 2.18. The molecule has 1 aliphatic rings. The number of likely N-dealkylation sites (tertiary alicyclic amines) is 1. The average Bonchev–Trinajstić information content (AvgIpc) is 3.02. The second kappa shape index (κ2) is 7.42. The molecule has 0 saturated carbocycles. The SMILES string of the molecule is CNS(=O)(=O)c1ccc(C(=O)NCC2CCN(C(C)C)C2)cc1. The molecule has 7 heteroatoms. The summed E-state index contributed by atoms with van der Waals surface area (Å²) in [6.45, 7) is 7.11. The Morgan fingerprint density at radius 2 is 1.96 bits per heavy atom.